The van der Waals surface area contributed by atoms with Crippen molar-refractivity contribution >= 4 is 75.3 Å². The number of fused-ring (bicyclic) bond motifs is 10. The Balaban J connectivity index is 1.06. The van der Waals surface area contributed by atoms with Crippen LogP contribution in [-0.4, -0.2) is 15.0 Å². The van der Waals surface area contributed by atoms with Crippen LogP contribution in [0.15, 0.2) is 168 Å². The first-order valence-corrected chi connectivity index (χ1v) is 18.2. The summed E-state index contributed by atoms with van der Waals surface area (Å²) in [6.45, 7) is 0. The van der Waals surface area contributed by atoms with Gasteiger partial charge in [0.1, 0.15) is 11.2 Å². The first-order valence-electron chi connectivity index (χ1n) is 17.4. The van der Waals surface area contributed by atoms with E-state index in [0.29, 0.717) is 0 Å². The molecule has 0 unspecified atom stereocenters. The predicted molar refractivity (Wildman–Crippen MR) is 217 cm³/mol. The zero-order chi connectivity index (χ0) is 34.2. The maximum absolute atomic E-state index is 6.64. The maximum Gasteiger partial charge on any atom is 0.160 e. The number of para-hydroxylation sites is 1. The zero-order valence-electron chi connectivity index (χ0n) is 27.7. The molecule has 0 radical (unpaired) electrons. The zero-order valence-corrected chi connectivity index (χ0v) is 28.6. The van der Waals surface area contributed by atoms with E-state index < -0.39 is 0 Å². The first kappa shape index (κ1) is 29.1. The second-order valence-corrected chi connectivity index (χ2v) is 14.2. The summed E-state index contributed by atoms with van der Waals surface area (Å²) in [7, 11) is 0. The molecule has 0 atom stereocenters. The number of hydrogen-bond donors (Lipinski definition) is 0. The van der Waals surface area contributed by atoms with Crippen molar-refractivity contribution < 1.29 is 4.42 Å². The maximum atomic E-state index is 6.64. The van der Waals surface area contributed by atoms with E-state index in [1.165, 1.54) is 10.1 Å². The molecule has 0 bridgehead atoms. The van der Waals surface area contributed by atoms with Crippen LogP contribution in [0, 0.1) is 0 Å². The SMILES string of the molecule is c1ccc(-c2nc(-c3ccc(-c4cccc(-c5nc6ccc7ccccc7c6c6oc7ccccc7c56)c4)cc3)c3sc4ccccc4c3n2)cc1. The van der Waals surface area contributed by atoms with Crippen molar-refractivity contribution in [2.45, 2.75) is 0 Å². The monoisotopic (exact) mass is 681 g/mol. The van der Waals surface area contributed by atoms with Crippen LogP contribution >= 0.6 is 11.3 Å². The molecule has 0 saturated carbocycles. The molecule has 0 aliphatic heterocycles. The molecule has 0 spiro atoms. The number of benzene rings is 7. The lowest BCUT2D eigenvalue weighted by Crippen LogP contribution is -1.93. The lowest BCUT2D eigenvalue weighted by atomic mass is 9.96. The average molecular weight is 682 g/mol. The Morgan fingerprint density at radius 3 is 2.04 bits per heavy atom. The van der Waals surface area contributed by atoms with Crippen molar-refractivity contribution in [3.63, 3.8) is 0 Å². The minimum Gasteiger partial charge on any atom is -0.455 e. The molecule has 11 aromatic rings. The van der Waals surface area contributed by atoms with Crippen LogP contribution in [0.25, 0.3) is 109 Å². The minimum atomic E-state index is 0.734. The fourth-order valence-corrected chi connectivity index (χ4v) is 8.76. The average Bonchev–Trinajstić information content (AvgIpc) is 3.80. The molecule has 0 aliphatic carbocycles. The van der Waals surface area contributed by atoms with Crippen LogP contribution in [0.2, 0.25) is 0 Å². The van der Waals surface area contributed by atoms with E-state index in [4.69, 9.17) is 19.4 Å². The first-order chi connectivity index (χ1) is 25.8. The molecular weight excluding hydrogens is 655 g/mol. The number of rotatable bonds is 4. The summed E-state index contributed by atoms with van der Waals surface area (Å²) < 4.78 is 8.95. The Morgan fingerprint density at radius 1 is 0.442 bits per heavy atom. The van der Waals surface area contributed by atoms with Gasteiger partial charge >= 0.3 is 0 Å². The molecule has 0 aliphatic rings. The van der Waals surface area contributed by atoms with Crippen LogP contribution in [0.5, 0.6) is 0 Å². The number of nitrogens with zero attached hydrogens (tertiary/aromatic N) is 3. The van der Waals surface area contributed by atoms with Gasteiger partial charge < -0.3 is 4.42 Å². The van der Waals surface area contributed by atoms with E-state index in [-0.39, 0.29) is 0 Å². The second kappa shape index (κ2) is 11.4. The molecule has 0 fully saturated rings. The third-order valence-corrected chi connectivity index (χ3v) is 11.2. The topological polar surface area (TPSA) is 51.8 Å². The van der Waals surface area contributed by atoms with Crippen LogP contribution in [0.1, 0.15) is 0 Å². The molecule has 5 heteroatoms. The van der Waals surface area contributed by atoms with Crippen molar-refractivity contribution in [2.75, 3.05) is 0 Å². The highest BCUT2D eigenvalue weighted by atomic mass is 32.1. The van der Waals surface area contributed by atoms with E-state index in [0.717, 1.165) is 98.9 Å². The van der Waals surface area contributed by atoms with E-state index in [2.05, 4.69) is 133 Å². The largest absolute Gasteiger partial charge is 0.455 e. The van der Waals surface area contributed by atoms with E-state index in [1.54, 1.807) is 11.3 Å². The van der Waals surface area contributed by atoms with E-state index in [9.17, 15) is 0 Å². The van der Waals surface area contributed by atoms with E-state index in [1.807, 2.05) is 30.3 Å². The molecule has 0 saturated heterocycles. The lowest BCUT2D eigenvalue weighted by Gasteiger charge is -2.11. The van der Waals surface area contributed by atoms with Crippen molar-refractivity contribution in [2.24, 2.45) is 0 Å². The third kappa shape index (κ3) is 4.50. The van der Waals surface area contributed by atoms with Crippen molar-refractivity contribution in [3.05, 3.63) is 164 Å². The van der Waals surface area contributed by atoms with Gasteiger partial charge in [-0.3, -0.25) is 0 Å². The van der Waals surface area contributed by atoms with Gasteiger partial charge in [0.25, 0.3) is 0 Å². The smallest absolute Gasteiger partial charge is 0.160 e. The van der Waals surface area contributed by atoms with Crippen LogP contribution in [0.4, 0.5) is 0 Å². The Hall–Kier alpha value is -6.69. The molecule has 4 aromatic heterocycles. The Bertz CT molecular complexity index is 3180. The normalized spacial score (nSPS) is 11.8. The van der Waals surface area contributed by atoms with Gasteiger partial charge in [0, 0.05) is 32.2 Å². The molecule has 242 valence electrons. The van der Waals surface area contributed by atoms with Crippen molar-refractivity contribution in [1.29, 1.82) is 0 Å². The lowest BCUT2D eigenvalue weighted by molar-refractivity contribution is 0.673. The Kier molecular flexibility index (Phi) is 6.39. The van der Waals surface area contributed by atoms with Crippen LogP contribution in [0.3, 0.4) is 0 Å². The Labute approximate surface area is 302 Å². The molecular formula is C47H27N3OS. The standard InChI is InChI=1S/C47H27N3OS/c1-2-12-31(13-3-1)47-49-43(46-44(50-47)36-18-7-9-20-39(36)52-46)30-23-21-28(22-24-30)32-14-10-15-33(27-32)42-41-35-17-6-8-19-38(35)51-45(41)40-34-16-5-4-11-29(34)25-26-37(40)48-42/h1-27H. The van der Waals surface area contributed by atoms with Gasteiger partial charge in [0.15, 0.2) is 5.82 Å². The highest BCUT2D eigenvalue weighted by molar-refractivity contribution is 7.26. The summed E-state index contributed by atoms with van der Waals surface area (Å²) in [5.41, 5.74) is 10.9. The van der Waals surface area contributed by atoms with Gasteiger partial charge in [0.2, 0.25) is 0 Å². The summed E-state index contributed by atoms with van der Waals surface area (Å²) >= 11 is 1.75. The summed E-state index contributed by atoms with van der Waals surface area (Å²) in [4.78, 5) is 15.6. The molecule has 7 aromatic carbocycles. The summed E-state index contributed by atoms with van der Waals surface area (Å²) in [5, 5.41) is 6.63. The van der Waals surface area contributed by atoms with Gasteiger partial charge in [0.05, 0.1) is 37.9 Å². The second-order valence-electron chi connectivity index (χ2n) is 13.1. The number of aromatic nitrogens is 3. The van der Waals surface area contributed by atoms with Gasteiger partial charge in [-0.05, 0) is 46.2 Å². The van der Waals surface area contributed by atoms with Crippen molar-refractivity contribution in [3.8, 4) is 45.0 Å². The highest BCUT2D eigenvalue weighted by Gasteiger charge is 2.20. The summed E-state index contributed by atoms with van der Waals surface area (Å²) in [6, 6.07) is 57.1. The fraction of sp³-hybridized carbons (Fsp3) is 0. The molecule has 4 nitrogen and oxygen atoms in total. The number of furan rings is 1. The van der Waals surface area contributed by atoms with Gasteiger partial charge in [-0.2, -0.15) is 0 Å². The number of pyridine rings is 1. The summed E-state index contributed by atoms with van der Waals surface area (Å²) in [5.74, 6) is 0.734. The van der Waals surface area contributed by atoms with Crippen LogP contribution < -0.4 is 0 Å². The van der Waals surface area contributed by atoms with Gasteiger partial charge in [-0.1, -0.05) is 140 Å². The van der Waals surface area contributed by atoms with Gasteiger partial charge in [-0.15, -0.1) is 11.3 Å². The molecule has 4 heterocycles. The predicted octanol–water partition coefficient (Wildman–Crippen LogP) is 13.1. The van der Waals surface area contributed by atoms with E-state index >= 15 is 0 Å². The molecule has 0 N–H and O–H groups in total. The molecule has 0 amide bonds. The van der Waals surface area contributed by atoms with Gasteiger partial charge in [-0.25, -0.2) is 15.0 Å². The quantitative estimate of drug-likeness (QED) is 0.174. The number of hydrogen-bond acceptors (Lipinski definition) is 5. The third-order valence-electron chi connectivity index (χ3n) is 10.1. The number of thiophene rings is 1. The Morgan fingerprint density at radius 2 is 1.15 bits per heavy atom. The van der Waals surface area contributed by atoms with Crippen molar-refractivity contribution in [1.82, 2.24) is 15.0 Å². The van der Waals surface area contributed by atoms with Crippen LogP contribution in [-0.2, 0) is 0 Å². The molecule has 11 rings (SSSR count). The fourth-order valence-electron chi connectivity index (χ4n) is 7.60. The highest BCUT2D eigenvalue weighted by Crippen LogP contribution is 2.43. The minimum absolute atomic E-state index is 0.734. The summed E-state index contributed by atoms with van der Waals surface area (Å²) in [6.07, 6.45) is 0. The molecule has 52 heavy (non-hydrogen) atoms.